The van der Waals surface area contributed by atoms with E-state index < -0.39 is 6.10 Å². The van der Waals surface area contributed by atoms with E-state index in [1.54, 1.807) is 0 Å². The average Bonchev–Trinajstić information content (AvgIpc) is 1.97. The number of carbonyl (C=O) groups excluding carboxylic acids is 1. The van der Waals surface area contributed by atoms with Crippen molar-refractivity contribution in [2.45, 2.75) is 39.2 Å². The van der Waals surface area contributed by atoms with E-state index in [0.717, 1.165) is 19.3 Å². The smallest absolute Gasteiger partial charge is 0.183 e. The van der Waals surface area contributed by atoms with Gasteiger partial charge in [-0.05, 0) is 19.4 Å². The molecule has 0 heterocycles. The number of allylic oxidation sites excluding steroid dienone is 1. The SMILES string of the molecule is CCCCC=CC(=O)C(C)O. The lowest BCUT2D eigenvalue weighted by Gasteiger charge is -1.95. The lowest BCUT2D eigenvalue weighted by Crippen LogP contribution is -2.12. The second-order valence-electron chi connectivity index (χ2n) is 2.62. The zero-order valence-electron chi connectivity index (χ0n) is 7.21. The van der Waals surface area contributed by atoms with Gasteiger partial charge in [0.15, 0.2) is 5.78 Å². The lowest BCUT2D eigenvalue weighted by atomic mass is 10.2. The second kappa shape index (κ2) is 6.10. The molecule has 1 unspecified atom stereocenters. The Morgan fingerprint density at radius 1 is 1.64 bits per heavy atom. The van der Waals surface area contributed by atoms with Crippen LogP contribution in [-0.2, 0) is 4.79 Å². The fourth-order valence-electron chi connectivity index (χ4n) is 0.661. The number of unbranched alkanes of at least 4 members (excludes halogenated alkanes) is 2. The average molecular weight is 156 g/mol. The summed E-state index contributed by atoms with van der Waals surface area (Å²) in [4.78, 5) is 10.8. The number of hydrogen-bond acceptors (Lipinski definition) is 2. The van der Waals surface area contributed by atoms with Gasteiger partial charge in [0.05, 0.1) is 0 Å². The van der Waals surface area contributed by atoms with Gasteiger partial charge in [-0.1, -0.05) is 25.8 Å². The molecule has 0 aromatic heterocycles. The molecule has 0 fully saturated rings. The maximum atomic E-state index is 10.8. The van der Waals surface area contributed by atoms with Crippen molar-refractivity contribution in [2.24, 2.45) is 0 Å². The van der Waals surface area contributed by atoms with Crippen LogP contribution in [0.15, 0.2) is 12.2 Å². The van der Waals surface area contributed by atoms with Crippen LogP contribution in [0.5, 0.6) is 0 Å². The van der Waals surface area contributed by atoms with Gasteiger partial charge >= 0.3 is 0 Å². The third-order valence-electron chi connectivity index (χ3n) is 1.42. The Kier molecular flexibility index (Phi) is 5.75. The zero-order chi connectivity index (χ0) is 8.69. The quantitative estimate of drug-likeness (QED) is 0.485. The molecule has 64 valence electrons. The van der Waals surface area contributed by atoms with E-state index in [0.29, 0.717) is 0 Å². The van der Waals surface area contributed by atoms with E-state index in [1.165, 1.54) is 13.0 Å². The van der Waals surface area contributed by atoms with Crippen LogP contribution in [0.3, 0.4) is 0 Å². The molecule has 0 rings (SSSR count). The van der Waals surface area contributed by atoms with E-state index >= 15 is 0 Å². The van der Waals surface area contributed by atoms with Crippen LogP contribution in [0.2, 0.25) is 0 Å². The van der Waals surface area contributed by atoms with Gasteiger partial charge in [0.2, 0.25) is 0 Å². The first-order chi connectivity index (χ1) is 5.18. The molecule has 0 amide bonds. The highest BCUT2D eigenvalue weighted by atomic mass is 16.3. The largest absolute Gasteiger partial charge is 0.385 e. The van der Waals surface area contributed by atoms with Crippen molar-refractivity contribution in [3.63, 3.8) is 0 Å². The Morgan fingerprint density at radius 3 is 2.73 bits per heavy atom. The first-order valence-corrected chi connectivity index (χ1v) is 4.07. The van der Waals surface area contributed by atoms with Crippen LogP contribution in [0, 0.1) is 0 Å². The predicted molar refractivity (Wildman–Crippen MR) is 45.4 cm³/mol. The molecule has 11 heavy (non-hydrogen) atoms. The molecule has 0 aromatic carbocycles. The van der Waals surface area contributed by atoms with Gasteiger partial charge in [-0.25, -0.2) is 0 Å². The van der Waals surface area contributed by atoms with Gasteiger partial charge in [-0.3, -0.25) is 4.79 Å². The molecule has 0 bridgehead atoms. The maximum absolute atomic E-state index is 10.8. The Bertz CT molecular complexity index is 136. The fourth-order valence-corrected chi connectivity index (χ4v) is 0.661. The summed E-state index contributed by atoms with van der Waals surface area (Å²) < 4.78 is 0. The van der Waals surface area contributed by atoms with Crippen molar-refractivity contribution >= 4 is 5.78 Å². The zero-order valence-corrected chi connectivity index (χ0v) is 7.21. The summed E-state index contributed by atoms with van der Waals surface area (Å²) in [7, 11) is 0. The standard InChI is InChI=1S/C9H16O2/c1-3-4-5-6-7-9(11)8(2)10/h6-8,10H,3-5H2,1-2H3. The topological polar surface area (TPSA) is 37.3 Å². The number of aliphatic hydroxyl groups excluding tert-OH is 1. The molecule has 2 heteroatoms. The van der Waals surface area contributed by atoms with Gasteiger partial charge in [0.1, 0.15) is 6.10 Å². The molecule has 0 saturated carbocycles. The fraction of sp³-hybridized carbons (Fsp3) is 0.667. The van der Waals surface area contributed by atoms with Gasteiger partial charge in [-0.15, -0.1) is 0 Å². The molecular formula is C9H16O2. The summed E-state index contributed by atoms with van der Waals surface area (Å²) in [6.07, 6.45) is 5.58. The maximum Gasteiger partial charge on any atom is 0.183 e. The summed E-state index contributed by atoms with van der Waals surface area (Å²) in [5.74, 6) is -0.207. The van der Waals surface area contributed by atoms with Crippen LogP contribution in [0.1, 0.15) is 33.1 Å². The Labute approximate surface area is 67.9 Å². The third kappa shape index (κ3) is 5.80. The van der Waals surface area contributed by atoms with E-state index in [4.69, 9.17) is 5.11 Å². The molecule has 0 spiro atoms. The summed E-state index contributed by atoms with van der Waals surface area (Å²) in [6, 6.07) is 0. The summed E-state index contributed by atoms with van der Waals surface area (Å²) in [5.41, 5.74) is 0. The minimum absolute atomic E-state index is 0.207. The molecule has 1 atom stereocenters. The summed E-state index contributed by atoms with van der Waals surface area (Å²) in [5, 5.41) is 8.78. The molecule has 0 aliphatic carbocycles. The van der Waals surface area contributed by atoms with Gasteiger partial charge in [0.25, 0.3) is 0 Å². The normalized spacial score (nSPS) is 13.7. The minimum atomic E-state index is -0.854. The Morgan fingerprint density at radius 2 is 2.27 bits per heavy atom. The highest BCUT2D eigenvalue weighted by molar-refractivity contribution is 5.92. The lowest BCUT2D eigenvalue weighted by molar-refractivity contribution is -0.121. The summed E-state index contributed by atoms with van der Waals surface area (Å²) in [6.45, 7) is 3.58. The van der Waals surface area contributed by atoms with Crippen molar-refractivity contribution in [3.8, 4) is 0 Å². The monoisotopic (exact) mass is 156 g/mol. The van der Waals surface area contributed by atoms with Crippen LogP contribution < -0.4 is 0 Å². The molecule has 1 N–H and O–H groups in total. The number of aliphatic hydroxyl groups is 1. The second-order valence-corrected chi connectivity index (χ2v) is 2.62. The van der Waals surface area contributed by atoms with Crippen LogP contribution in [-0.4, -0.2) is 17.0 Å². The molecule has 2 nitrogen and oxygen atoms in total. The number of hydrogen-bond donors (Lipinski definition) is 1. The van der Waals surface area contributed by atoms with E-state index in [-0.39, 0.29) is 5.78 Å². The molecule has 0 saturated heterocycles. The molecule has 0 aliphatic rings. The Hall–Kier alpha value is -0.630. The van der Waals surface area contributed by atoms with Crippen LogP contribution >= 0.6 is 0 Å². The van der Waals surface area contributed by atoms with Crippen LogP contribution in [0.25, 0.3) is 0 Å². The van der Waals surface area contributed by atoms with Crippen molar-refractivity contribution in [3.05, 3.63) is 12.2 Å². The van der Waals surface area contributed by atoms with Crippen molar-refractivity contribution < 1.29 is 9.90 Å². The molecule has 0 aromatic rings. The number of ketones is 1. The third-order valence-corrected chi connectivity index (χ3v) is 1.42. The van der Waals surface area contributed by atoms with Crippen molar-refractivity contribution in [1.82, 2.24) is 0 Å². The highest BCUT2D eigenvalue weighted by Gasteiger charge is 2.02. The highest BCUT2D eigenvalue weighted by Crippen LogP contribution is 1.95. The molecular weight excluding hydrogens is 140 g/mol. The van der Waals surface area contributed by atoms with Crippen LogP contribution in [0.4, 0.5) is 0 Å². The number of carbonyl (C=O) groups is 1. The predicted octanol–water partition coefficient (Wildman–Crippen LogP) is 1.68. The van der Waals surface area contributed by atoms with Crippen molar-refractivity contribution in [2.75, 3.05) is 0 Å². The van der Waals surface area contributed by atoms with E-state index in [2.05, 4.69) is 6.92 Å². The van der Waals surface area contributed by atoms with Gasteiger partial charge < -0.3 is 5.11 Å². The molecule has 0 aliphatic heterocycles. The van der Waals surface area contributed by atoms with Gasteiger partial charge in [-0.2, -0.15) is 0 Å². The van der Waals surface area contributed by atoms with E-state index in [9.17, 15) is 4.79 Å². The molecule has 0 radical (unpaired) electrons. The first-order valence-electron chi connectivity index (χ1n) is 4.07. The Balaban J connectivity index is 3.49. The number of rotatable bonds is 5. The van der Waals surface area contributed by atoms with Gasteiger partial charge in [0, 0.05) is 0 Å². The van der Waals surface area contributed by atoms with E-state index in [1.807, 2.05) is 6.08 Å². The van der Waals surface area contributed by atoms with Crippen molar-refractivity contribution in [1.29, 1.82) is 0 Å². The summed E-state index contributed by atoms with van der Waals surface area (Å²) >= 11 is 0. The minimum Gasteiger partial charge on any atom is -0.385 e. The first kappa shape index (κ1) is 10.4.